The smallest absolute Gasteiger partial charge is 0.254 e. The summed E-state index contributed by atoms with van der Waals surface area (Å²) in [6.07, 6.45) is 0.684. The number of carbonyl (C=O) groups excluding carboxylic acids is 1. The van der Waals surface area contributed by atoms with Crippen LogP contribution in [0.2, 0.25) is 0 Å². The molecule has 18 heavy (non-hydrogen) atoms. The number of aliphatic hydroxyl groups is 1. The second kappa shape index (κ2) is 5.08. The molecule has 1 amide bonds. The maximum atomic E-state index is 12.1. The fourth-order valence-corrected chi connectivity index (χ4v) is 2.12. The Hall–Kier alpha value is -1.39. The summed E-state index contributed by atoms with van der Waals surface area (Å²) in [6, 6.07) is 7.39. The fourth-order valence-electron chi connectivity index (χ4n) is 2.12. The molecule has 98 valence electrons. The Morgan fingerprint density at radius 3 is 2.50 bits per heavy atom. The molecule has 0 bridgehead atoms. The van der Waals surface area contributed by atoms with Crippen LogP contribution in [0.1, 0.15) is 29.3 Å². The van der Waals surface area contributed by atoms with Crippen molar-refractivity contribution >= 4 is 5.91 Å². The molecule has 0 aromatic heterocycles. The van der Waals surface area contributed by atoms with Crippen LogP contribution in [-0.4, -0.2) is 41.7 Å². The molecule has 0 unspecified atom stereocenters. The lowest BCUT2D eigenvalue weighted by Crippen LogP contribution is -2.63. The maximum Gasteiger partial charge on any atom is 0.254 e. The van der Waals surface area contributed by atoms with Crippen molar-refractivity contribution in [3.05, 3.63) is 35.4 Å². The zero-order valence-corrected chi connectivity index (χ0v) is 10.8. The van der Waals surface area contributed by atoms with Gasteiger partial charge in [0.1, 0.15) is 0 Å². The zero-order chi connectivity index (χ0) is 13.2. The first kappa shape index (κ1) is 13.1. The van der Waals surface area contributed by atoms with E-state index >= 15 is 0 Å². The molecule has 1 heterocycles. The molecule has 0 atom stereocenters. The SMILES string of the molecule is CCC1(O)CN(C(=O)c2ccc(COC)cc2)C1. The summed E-state index contributed by atoms with van der Waals surface area (Å²) in [7, 11) is 1.64. The van der Waals surface area contributed by atoms with Gasteiger partial charge in [-0.05, 0) is 24.1 Å². The van der Waals surface area contributed by atoms with Crippen molar-refractivity contribution in [2.45, 2.75) is 25.6 Å². The van der Waals surface area contributed by atoms with Crippen molar-refractivity contribution in [1.29, 1.82) is 0 Å². The summed E-state index contributed by atoms with van der Waals surface area (Å²) < 4.78 is 5.02. The molecule has 1 aliphatic rings. The number of hydrogen-bond donors (Lipinski definition) is 1. The van der Waals surface area contributed by atoms with Gasteiger partial charge in [-0.3, -0.25) is 4.79 Å². The lowest BCUT2D eigenvalue weighted by atomic mass is 9.90. The van der Waals surface area contributed by atoms with E-state index in [0.29, 0.717) is 31.7 Å². The van der Waals surface area contributed by atoms with E-state index in [1.165, 1.54) is 0 Å². The third-order valence-corrected chi connectivity index (χ3v) is 3.43. The van der Waals surface area contributed by atoms with Crippen molar-refractivity contribution in [2.75, 3.05) is 20.2 Å². The largest absolute Gasteiger partial charge is 0.386 e. The standard InChI is InChI=1S/C14H19NO3/c1-3-14(17)9-15(10-14)13(16)12-6-4-11(5-7-12)8-18-2/h4-7,17H,3,8-10H2,1-2H3. The molecular formula is C14H19NO3. The van der Waals surface area contributed by atoms with E-state index in [1.54, 1.807) is 24.1 Å². The molecule has 1 aliphatic heterocycles. The lowest BCUT2D eigenvalue weighted by Gasteiger charge is -2.46. The highest BCUT2D eigenvalue weighted by atomic mass is 16.5. The van der Waals surface area contributed by atoms with Gasteiger partial charge < -0.3 is 14.7 Å². The maximum absolute atomic E-state index is 12.1. The van der Waals surface area contributed by atoms with Crippen molar-refractivity contribution in [3.8, 4) is 0 Å². The molecule has 2 rings (SSSR count). The summed E-state index contributed by atoms with van der Waals surface area (Å²) in [5, 5.41) is 9.89. The van der Waals surface area contributed by atoms with Crippen LogP contribution in [-0.2, 0) is 11.3 Å². The first-order valence-corrected chi connectivity index (χ1v) is 6.17. The second-order valence-electron chi connectivity index (χ2n) is 4.87. The van der Waals surface area contributed by atoms with Crippen LogP contribution < -0.4 is 0 Å². The predicted octanol–water partition coefficient (Wildman–Crippen LogP) is 1.43. The Morgan fingerprint density at radius 2 is 2.00 bits per heavy atom. The Morgan fingerprint density at radius 1 is 1.39 bits per heavy atom. The Bertz CT molecular complexity index is 421. The van der Waals surface area contributed by atoms with Crippen LogP contribution >= 0.6 is 0 Å². The Balaban J connectivity index is 1.98. The average molecular weight is 249 g/mol. The quantitative estimate of drug-likeness (QED) is 0.878. The number of β-amino-alcohol motifs (C(OH)–C–C–N with tert-alkyl or cyclic N) is 1. The highest BCUT2D eigenvalue weighted by molar-refractivity contribution is 5.95. The van der Waals surface area contributed by atoms with E-state index in [1.807, 2.05) is 19.1 Å². The van der Waals surface area contributed by atoms with Crippen LogP contribution in [0.15, 0.2) is 24.3 Å². The van der Waals surface area contributed by atoms with Crippen molar-refractivity contribution in [3.63, 3.8) is 0 Å². The number of methoxy groups -OCH3 is 1. The van der Waals surface area contributed by atoms with Gasteiger partial charge in [0.05, 0.1) is 25.3 Å². The van der Waals surface area contributed by atoms with Gasteiger partial charge in [-0.15, -0.1) is 0 Å². The second-order valence-corrected chi connectivity index (χ2v) is 4.87. The summed E-state index contributed by atoms with van der Waals surface area (Å²) in [5.41, 5.74) is 1.03. The van der Waals surface area contributed by atoms with Gasteiger partial charge in [0.2, 0.25) is 0 Å². The summed E-state index contributed by atoms with van der Waals surface area (Å²) in [6.45, 7) is 3.35. The van der Waals surface area contributed by atoms with Gasteiger partial charge in [0.15, 0.2) is 0 Å². The fraction of sp³-hybridized carbons (Fsp3) is 0.500. The third-order valence-electron chi connectivity index (χ3n) is 3.43. The van der Waals surface area contributed by atoms with Crippen LogP contribution in [0.3, 0.4) is 0 Å². The minimum atomic E-state index is -0.675. The molecule has 1 saturated heterocycles. The van der Waals surface area contributed by atoms with E-state index < -0.39 is 5.60 Å². The molecule has 0 aliphatic carbocycles. The Labute approximate surface area is 107 Å². The molecule has 0 radical (unpaired) electrons. The summed E-state index contributed by atoms with van der Waals surface area (Å²) in [4.78, 5) is 13.8. The number of amides is 1. The van der Waals surface area contributed by atoms with Gasteiger partial charge >= 0.3 is 0 Å². The molecule has 0 saturated carbocycles. The number of nitrogens with zero attached hydrogens (tertiary/aromatic N) is 1. The number of ether oxygens (including phenoxy) is 1. The number of rotatable bonds is 4. The minimum Gasteiger partial charge on any atom is -0.386 e. The van der Waals surface area contributed by atoms with E-state index in [0.717, 1.165) is 5.56 Å². The van der Waals surface area contributed by atoms with E-state index in [4.69, 9.17) is 4.74 Å². The lowest BCUT2D eigenvalue weighted by molar-refractivity contribution is -0.0826. The summed E-state index contributed by atoms with van der Waals surface area (Å²) >= 11 is 0. The van der Waals surface area contributed by atoms with Gasteiger partial charge in [0, 0.05) is 12.7 Å². The third kappa shape index (κ3) is 2.54. The average Bonchev–Trinajstić information content (AvgIpc) is 2.35. The first-order valence-electron chi connectivity index (χ1n) is 6.17. The van der Waals surface area contributed by atoms with Gasteiger partial charge in [-0.2, -0.15) is 0 Å². The Kier molecular flexibility index (Phi) is 3.68. The summed E-state index contributed by atoms with van der Waals surface area (Å²) in [5.74, 6) is -0.0166. The van der Waals surface area contributed by atoms with Crippen molar-refractivity contribution in [1.82, 2.24) is 4.90 Å². The van der Waals surface area contributed by atoms with Crippen LogP contribution in [0, 0.1) is 0 Å². The molecule has 4 nitrogen and oxygen atoms in total. The molecule has 1 aromatic rings. The normalized spacial score (nSPS) is 17.4. The highest BCUT2D eigenvalue weighted by Gasteiger charge is 2.42. The van der Waals surface area contributed by atoms with E-state index in [9.17, 15) is 9.90 Å². The zero-order valence-electron chi connectivity index (χ0n) is 10.8. The molecular weight excluding hydrogens is 230 g/mol. The number of carbonyl (C=O) groups is 1. The predicted molar refractivity (Wildman–Crippen MR) is 68.3 cm³/mol. The van der Waals surface area contributed by atoms with E-state index in [-0.39, 0.29) is 5.91 Å². The number of benzene rings is 1. The number of likely N-dealkylation sites (tertiary alicyclic amines) is 1. The van der Waals surface area contributed by atoms with Gasteiger partial charge in [0.25, 0.3) is 5.91 Å². The van der Waals surface area contributed by atoms with Crippen LogP contribution in [0.4, 0.5) is 0 Å². The topological polar surface area (TPSA) is 49.8 Å². The van der Waals surface area contributed by atoms with Crippen LogP contribution in [0.25, 0.3) is 0 Å². The monoisotopic (exact) mass is 249 g/mol. The first-order chi connectivity index (χ1) is 8.58. The highest BCUT2D eigenvalue weighted by Crippen LogP contribution is 2.25. The molecule has 4 heteroatoms. The molecule has 1 fully saturated rings. The van der Waals surface area contributed by atoms with E-state index in [2.05, 4.69) is 0 Å². The van der Waals surface area contributed by atoms with Gasteiger partial charge in [-0.1, -0.05) is 19.1 Å². The molecule has 1 N–H and O–H groups in total. The van der Waals surface area contributed by atoms with Crippen molar-refractivity contribution < 1.29 is 14.6 Å². The molecule has 0 spiro atoms. The van der Waals surface area contributed by atoms with Gasteiger partial charge in [-0.25, -0.2) is 0 Å². The molecule has 1 aromatic carbocycles. The number of hydrogen-bond acceptors (Lipinski definition) is 3. The van der Waals surface area contributed by atoms with Crippen LogP contribution in [0.5, 0.6) is 0 Å². The van der Waals surface area contributed by atoms with Crippen molar-refractivity contribution in [2.24, 2.45) is 0 Å². The minimum absolute atomic E-state index is 0.0166.